The molecule has 1 heterocycles. The summed E-state index contributed by atoms with van der Waals surface area (Å²) >= 11 is 0. The number of fused-ring (bicyclic) bond motifs is 1. The van der Waals surface area contributed by atoms with Crippen LogP contribution in [0.15, 0.2) is 42.5 Å². The summed E-state index contributed by atoms with van der Waals surface area (Å²) in [5.41, 5.74) is 5.21. The average Bonchev–Trinajstić information content (AvgIpc) is 3.03. The third-order valence-electron chi connectivity index (χ3n) is 6.53. The lowest BCUT2D eigenvalue weighted by atomic mass is 9.90. The van der Waals surface area contributed by atoms with Crippen molar-refractivity contribution in [2.75, 3.05) is 6.54 Å². The largest absolute Gasteiger partial charge is 0.327 e. The van der Waals surface area contributed by atoms with E-state index in [0.29, 0.717) is 11.6 Å². The van der Waals surface area contributed by atoms with Crippen molar-refractivity contribution in [1.82, 2.24) is 14.5 Å². The number of aromatic nitrogens is 2. The summed E-state index contributed by atoms with van der Waals surface area (Å²) in [4.78, 5) is 7.58. The zero-order valence-corrected chi connectivity index (χ0v) is 17.7. The number of rotatable bonds is 7. The molecule has 4 rings (SSSR count). The second-order valence-corrected chi connectivity index (χ2v) is 8.14. The lowest BCUT2D eigenvalue weighted by molar-refractivity contribution is 0.0740. The second kappa shape index (κ2) is 8.39. The molecule has 1 atom stereocenters. The molecule has 0 radical (unpaired) electrons. The van der Waals surface area contributed by atoms with Crippen molar-refractivity contribution in [1.29, 1.82) is 5.26 Å². The second-order valence-electron chi connectivity index (χ2n) is 8.14. The van der Waals surface area contributed by atoms with E-state index < -0.39 is 0 Å². The number of likely N-dealkylation sites (N-methyl/N-ethyl adjacent to an activating group) is 1. The molecular formula is C25H30N4. The highest BCUT2D eigenvalue weighted by molar-refractivity contribution is 5.82. The Balaban J connectivity index is 1.63. The molecule has 3 aromatic rings. The van der Waals surface area contributed by atoms with Crippen molar-refractivity contribution in [3.63, 3.8) is 0 Å². The van der Waals surface area contributed by atoms with Crippen molar-refractivity contribution in [3.05, 3.63) is 53.9 Å². The molecule has 1 saturated carbocycles. The molecule has 29 heavy (non-hydrogen) atoms. The molecule has 0 N–H and O–H groups in total. The molecule has 4 heteroatoms. The van der Waals surface area contributed by atoms with Crippen molar-refractivity contribution in [2.24, 2.45) is 0 Å². The van der Waals surface area contributed by atoms with E-state index in [1.807, 2.05) is 24.3 Å². The lowest BCUT2D eigenvalue weighted by Crippen LogP contribution is -2.48. The Morgan fingerprint density at radius 3 is 2.45 bits per heavy atom. The first-order valence-corrected chi connectivity index (χ1v) is 10.9. The Bertz CT molecular complexity index is 1020. The van der Waals surface area contributed by atoms with Crippen LogP contribution in [0.5, 0.6) is 0 Å². The maximum Gasteiger partial charge on any atom is 0.106 e. The van der Waals surface area contributed by atoms with Gasteiger partial charge in [0.25, 0.3) is 0 Å². The zero-order valence-electron chi connectivity index (χ0n) is 17.7. The molecule has 0 spiro atoms. The topological polar surface area (TPSA) is 44.9 Å². The fraction of sp³-hybridized carbons (Fsp3) is 0.440. The summed E-state index contributed by atoms with van der Waals surface area (Å²) in [7, 11) is 0. The highest BCUT2D eigenvalue weighted by Crippen LogP contribution is 2.29. The van der Waals surface area contributed by atoms with Crippen LogP contribution in [0.2, 0.25) is 0 Å². The fourth-order valence-electron chi connectivity index (χ4n) is 4.61. The minimum absolute atomic E-state index is 0.555. The summed E-state index contributed by atoms with van der Waals surface area (Å²) in [6.45, 7) is 8.85. The van der Waals surface area contributed by atoms with Gasteiger partial charge in [-0.1, -0.05) is 38.5 Å². The monoisotopic (exact) mass is 386 g/mol. The van der Waals surface area contributed by atoms with Gasteiger partial charge < -0.3 is 4.57 Å². The highest BCUT2D eigenvalue weighted by Gasteiger charge is 2.29. The van der Waals surface area contributed by atoms with E-state index in [4.69, 9.17) is 10.2 Å². The molecule has 0 aliphatic heterocycles. The SMILES string of the molecule is CC[C@H](Cn1c(C)nc2cc(-c3ccc(C#N)cc3)ccc21)N(CC)C1CCC1. The zero-order chi connectivity index (χ0) is 20.4. The molecule has 0 unspecified atom stereocenters. The van der Waals surface area contributed by atoms with Crippen molar-refractivity contribution < 1.29 is 0 Å². The van der Waals surface area contributed by atoms with E-state index in [1.54, 1.807) is 0 Å². The van der Waals surface area contributed by atoms with E-state index in [2.05, 4.69) is 54.5 Å². The van der Waals surface area contributed by atoms with E-state index >= 15 is 0 Å². The Kier molecular flexibility index (Phi) is 5.69. The molecule has 0 bridgehead atoms. The number of hydrogen-bond acceptors (Lipinski definition) is 3. The maximum absolute atomic E-state index is 9.01. The first kappa shape index (κ1) is 19.7. The van der Waals surface area contributed by atoms with Crippen LogP contribution in [0, 0.1) is 18.3 Å². The molecule has 0 saturated heterocycles. The third-order valence-corrected chi connectivity index (χ3v) is 6.53. The standard InChI is InChI=1S/C25H30N4/c1-4-22(28(5-2)23-7-6-8-23)17-29-18(3)27-24-15-21(13-14-25(24)29)20-11-9-19(16-26)10-12-20/h9-15,22-23H,4-8,17H2,1-3H3/t22-/m1/s1. The van der Waals surface area contributed by atoms with Gasteiger partial charge in [0.1, 0.15) is 5.82 Å². The van der Waals surface area contributed by atoms with Crippen LogP contribution in [0.1, 0.15) is 50.9 Å². The molecule has 1 fully saturated rings. The minimum atomic E-state index is 0.555. The van der Waals surface area contributed by atoms with Crippen LogP contribution in [0.25, 0.3) is 22.2 Å². The van der Waals surface area contributed by atoms with E-state index in [9.17, 15) is 0 Å². The smallest absolute Gasteiger partial charge is 0.106 e. The first-order valence-electron chi connectivity index (χ1n) is 10.9. The summed E-state index contributed by atoms with van der Waals surface area (Å²) in [6, 6.07) is 17.8. The van der Waals surface area contributed by atoms with Gasteiger partial charge in [0.05, 0.1) is 22.7 Å². The van der Waals surface area contributed by atoms with Crippen LogP contribution in [0.3, 0.4) is 0 Å². The van der Waals surface area contributed by atoms with Gasteiger partial charge in [-0.3, -0.25) is 4.90 Å². The molecular weight excluding hydrogens is 356 g/mol. The highest BCUT2D eigenvalue weighted by atomic mass is 15.2. The average molecular weight is 387 g/mol. The van der Waals surface area contributed by atoms with Crippen LogP contribution in [0.4, 0.5) is 0 Å². The van der Waals surface area contributed by atoms with Crippen LogP contribution in [-0.4, -0.2) is 33.1 Å². The fourth-order valence-corrected chi connectivity index (χ4v) is 4.61. The van der Waals surface area contributed by atoms with Gasteiger partial charge >= 0.3 is 0 Å². The minimum Gasteiger partial charge on any atom is -0.327 e. The molecule has 150 valence electrons. The Morgan fingerprint density at radius 1 is 1.14 bits per heavy atom. The van der Waals surface area contributed by atoms with Crippen molar-refractivity contribution in [3.8, 4) is 17.2 Å². The first-order chi connectivity index (χ1) is 14.1. The number of imidazole rings is 1. The third kappa shape index (κ3) is 3.80. The van der Waals surface area contributed by atoms with Gasteiger partial charge in [-0.05, 0) is 68.1 Å². The number of nitrogens with zero attached hydrogens (tertiary/aromatic N) is 4. The molecule has 1 aromatic heterocycles. The molecule has 1 aliphatic carbocycles. The Labute approximate surface area is 173 Å². The number of benzene rings is 2. The molecule has 0 amide bonds. The quantitative estimate of drug-likeness (QED) is 0.536. The van der Waals surface area contributed by atoms with Gasteiger partial charge in [-0.15, -0.1) is 0 Å². The van der Waals surface area contributed by atoms with Gasteiger partial charge in [-0.2, -0.15) is 5.26 Å². The van der Waals surface area contributed by atoms with Crippen molar-refractivity contribution in [2.45, 2.75) is 65.1 Å². The lowest BCUT2D eigenvalue weighted by Gasteiger charge is -2.42. The summed E-state index contributed by atoms with van der Waals surface area (Å²) in [5.74, 6) is 1.08. The van der Waals surface area contributed by atoms with Gasteiger partial charge in [0, 0.05) is 18.6 Å². The summed E-state index contributed by atoms with van der Waals surface area (Å²) < 4.78 is 2.40. The number of hydrogen-bond donors (Lipinski definition) is 0. The van der Waals surface area contributed by atoms with E-state index in [-0.39, 0.29) is 0 Å². The normalized spacial score (nSPS) is 15.4. The summed E-state index contributed by atoms with van der Waals surface area (Å²) in [5, 5.41) is 9.01. The summed E-state index contributed by atoms with van der Waals surface area (Å²) in [6.07, 6.45) is 5.24. The Hall–Kier alpha value is -2.64. The van der Waals surface area contributed by atoms with Crippen LogP contribution in [-0.2, 0) is 6.54 Å². The van der Waals surface area contributed by atoms with Crippen LogP contribution < -0.4 is 0 Å². The predicted molar refractivity (Wildman–Crippen MR) is 119 cm³/mol. The van der Waals surface area contributed by atoms with E-state index in [0.717, 1.165) is 48.0 Å². The number of aryl methyl sites for hydroxylation is 1. The molecule has 4 nitrogen and oxygen atoms in total. The van der Waals surface area contributed by atoms with Crippen LogP contribution >= 0.6 is 0 Å². The Morgan fingerprint density at radius 2 is 1.86 bits per heavy atom. The maximum atomic E-state index is 9.01. The molecule has 2 aromatic carbocycles. The van der Waals surface area contributed by atoms with Gasteiger partial charge in [0.2, 0.25) is 0 Å². The predicted octanol–water partition coefficient (Wildman–Crippen LogP) is 5.54. The van der Waals surface area contributed by atoms with Crippen molar-refractivity contribution >= 4 is 11.0 Å². The van der Waals surface area contributed by atoms with E-state index in [1.165, 1.54) is 24.8 Å². The molecule has 1 aliphatic rings. The van der Waals surface area contributed by atoms with Gasteiger partial charge in [-0.25, -0.2) is 4.98 Å². The van der Waals surface area contributed by atoms with Gasteiger partial charge in [0.15, 0.2) is 0 Å². The number of nitriles is 1.